The van der Waals surface area contributed by atoms with Crippen LogP contribution in [-0.2, 0) is 9.36 Å². The third-order valence-corrected chi connectivity index (χ3v) is 2.58. The fourth-order valence-corrected chi connectivity index (χ4v) is 1.61. The van der Waals surface area contributed by atoms with E-state index in [1.165, 1.54) is 6.92 Å². The largest absolute Gasteiger partial charge is 0.664 e. The van der Waals surface area contributed by atoms with Gasteiger partial charge in [-0.25, -0.2) is 4.52 Å². The molecule has 0 aliphatic rings. The predicted octanol–water partition coefficient (Wildman–Crippen LogP) is 1.79. The van der Waals surface area contributed by atoms with Crippen LogP contribution in [0.1, 0.15) is 6.92 Å². The van der Waals surface area contributed by atoms with Gasteiger partial charge in [-0.1, -0.05) is 23.3 Å². The molecule has 0 saturated carbocycles. The second kappa shape index (κ2) is 5.44. The van der Waals surface area contributed by atoms with Crippen LogP contribution in [0.5, 0.6) is 5.75 Å². The van der Waals surface area contributed by atoms with Gasteiger partial charge in [0.2, 0.25) is 0 Å². The SMILES string of the molecule is CC(N[P+](=O)Oc1ccccc1)C(=O)O. The van der Waals surface area contributed by atoms with Gasteiger partial charge in [0, 0.05) is 4.57 Å². The molecule has 2 unspecified atom stereocenters. The minimum Gasteiger partial charge on any atom is -0.480 e. The fraction of sp³-hybridized carbons (Fsp3) is 0.222. The van der Waals surface area contributed by atoms with E-state index >= 15 is 0 Å². The van der Waals surface area contributed by atoms with Crippen LogP contribution in [0.4, 0.5) is 0 Å². The van der Waals surface area contributed by atoms with Gasteiger partial charge in [0.1, 0.15) is 6.04 Å². The summed E-state index contributed by atoms with van der Waals surface area (Å²) in [4.78, 5) is 10.4. The number of para-hydroxylation sites is 1. The molecule has 0 fully saturated rings. The standard InChI is InChI=1S/C9H10NO4P/c1-7(9(11)12)10-15(13)14-8-5-3-2-4-6-8/h2-7H,1H3,(H-,10,11,12,13)/p+1. The highest BCUT2D eigenvalue weighted by atomic mass is 31.1. The average molecular weight is 228 g/mol. The number of nitrogens with one attached hydrogen (secondary N) is 1. The Morgan fingerprint density at radius 2 is 2.07 bits per heavy atom. The van der Waals surface area contributed by atoms with Crippen molar-refractivity contribution in [3.63, 3.8) is 0 Å². The normalized spacial score (nSPS) is 13.0. The highest BCUT2D eigenvalue weighted by Crippen LogP contribution is 2.23. The van der Waals surface area contributed by atoms with Gasteiger partial charge in [-0.15, -0.1) is 0 Å². The quantitative estimate of drug-likeness (QED) is 0.751. The highest BCUT2D eigenvalue weighted by Gasteiger charge is 2.26. The summed E-state index contributed by atoms with van der Waals surface area (Å²) < 4.78 is 16.2. The van der Waals surface area contributed by atoms with Gasteiger partial charge < -0.3 is 5.11 Å². The third kappa shape index (κ3) is 4.06. The van der Waals surface area contributed by atoms with E-state index < -0.39 is 20.2 Å². The Kier molecular flexibility index (Phi) is 4.21. The van der Waals surface area contributed by atoms with E-state index in [0.29, 0.717) is 5.75 Å². The molecule has 0 bridgehead atoms. The second-order valence-electron chi connectivity index (χ2n) is 2.85. The lowest BCUT2D eigenvalue weighted by Gasteiger charge is -1.98. The lowest BCUT2D eigenvalue weighted by atomic mass is 10.3. The van der Waals surface area contributed by atoms with Crippen LogP contribution < -0.4 is 9.61 Å². The molecule has 80 valence electrons. The maximum absolute atomic E-state index is 11.3. The number of benzene rings is 1. The van der Waals surface area contributed by atoms with Crippen molar-refractivity contribution in [3.05, 3.63) is 30.3 Å². The first kappa shape index (κ1) is 11.6. The Hall–Kier alpha value is -1.45. The summed E-state index contributed by atoms with van der Waals surface area (Å²) in [6.07, 6.45) is 0. The van der Waals surface area contributed by atoms with E-state index in [0.717, 1.165) is 0 Å². The second-order valence-corrected chi connectivity index (χ2v) is 3.81. The Morgan fingerprint density at radius 3 is 2.60 bits per heavy atom. The smallest absolute Gasteiger partial charge is 0.480 e. The van der Waals surface area contributed by atoms with E-state index in [9.17, 15) is 9.36 Å². The molecule has 0 spiro atoms. The summed E-state index contributed by atoms with van der Waals surface area (Å²) in [6, 6.07) is 7.64. The van der Waals surface area contributed by atoms with Crippen LogP contribution in [0, 0.1) is 0 Å². The van der Waals surface area contributed by atoms with Crippen molar-refractivity contribution in [2.45, 2.75) is 13.0 Å². The zero-order valence-corrected chi connectivity index (χ0v) is 8.98. The van der Waals surface area contributed by atoms with Crippen molar-refractivity contribution in [2.24, 2.45) is 0 Å². The van der Waals surface area contributed by atoms with Crippen LogP contribution in [0.15, 0.2) is 30.3 Å². The Bertz CT molecular complexity index is 354. The highest BCUT2D eigenvalue weighted by molar-refractivity contribution is 7.37. The number of carboxylic acids is 1. The first-order valence-electron chi connectivity index (χ1n) is 4.29. The molecule has 15 heavy (non-hydrogen) atoms. The van der Waals surface area contributed by atoms with Crippen molar-refractivity contribution >= 4 is 14.1 Å². The number of hydrogen-bond acceptors (Lipinski definition) is 3. The van der Waals surface area contributed by atoms with Gasteiger partial charge in [0.25, 0.3) is 0 Å². The van der Waals surface area contributed by atoms with Gasteiger partial charge in [0.15, 0.2) is 5.75 Å². The first-order chi connectivity index (χ1) is 7.09. The molecule has 1 aromatic carbocycles. The number of carboxylic acid groups (broad SMARTS) is 1. The fourth-order valence-electron chi connectivity index (χ4n) is 0.817. The molecule has 0 aromatic heterocycles. The van der Waals surface area contributed by atoms with Crippen LogP contribution in [0.2, 0.25) is 0 Å². The van der Waals surface area contributed by atoms with Crippen molar-refractivity contribution in [1.29, 1.82) is 0 Å². The molecule has 0 heterocycles. The molecule has 0 amide bonds. The molecule has 2 atom stereocenters. The van der Waals surface area contributed by atoms with Gasteiger partial charge in [-0.3, -0.25) is 4.79 Å². The summed E-state index contributed by atoms with van der Waals surface area (Å²) in [5.41, 5.74) is 0. The molecule has 0 radical (unpaired) electrons. The molecule has 5 nitrogen and oxygen atoms in total. The molecule has 0 aliphatic heterocycles. The molecule has 0 aliphatic carbocycles. The monoisotopic (exact) mass is 228 g/mol. The van der Waals surface area contributed by atoms with Gasteiger partial charge >= 0.3 is 14.1 Å². The number of carbonyl (C=O) groups is 1. The van der Waals surface area contributed by atoms with Crippen molar-refractivity contribution < 1.29 is 19.0 Å². The topological polar surface area (TPSA) is 75.6 Å². The molecule has 0 saturated heterocycles. The van der Waals surface area contributed by atoms with Crippen LogP contribution in [-0.4, -0.2) is 17.1 Å². The summed E-state index contributed by atoms with van der Waals surface area (Å²) in [7, 11) is -2.21. The first-order valence-corrected chi connectivity index (χ1v) is 5.46. The van der Waals surface area contributed by atoms with Gasteiger partial charge in [-0.2, -0.15) is 0 Å². The zero-order chi connectivity index (χ0) is 11.3. The molecular formula is C9H11NO4P+. The number of aliphatic carboxylic acids is 1. The Morgan fingerprint density at radius 1 is 1.47 bits per heavy atom. The Balaban J connectivity index is 2.47. The zero-order valence-electron chi connectivity index (χ0n) is 8.08. The predicted molar refractivity (Wildman–Crippen MR) is 54.9 cm³/mol. The van der Waals surface area contributed by atoms with Gasteiger partial charge in [-0.05, 0) is 19.1 Å². The summed E-state index contributed by atoms with van der Waals surface area (Å²) >= 11 is 0. The third-order valence-electron chi connectivity index (χ3n) is 1.60. The summed E-state index contributed by atoms with van der Waals surface area (Å²) in [5.74, 6) is -0.640. The Labute approximate surface area is 88.0 Å². The molecule has 1 aromatic rings. The minimum atomic E-state index is -2.21. The molecule has 6 heteroatoms. The number of rotatable bonds is 5. The summed E-state index contributed by atoms with van der Waals surface area (Å²) in [6.45, 7) is 1.39. The van der Waals surface area contributed by atoms with Crippen LogP contribution in [0.25, 0.3) is 0 Å². The average Bonchev–Trinajstić information content (AvgIpc) is 2.18. The van der Waals surface area contributed by atoms with Crippen molar-refractivity contribution in [1.82, 2.24) is 5.09 Å². The van der Waals surface area contributed by atoms with Crippen molar-refractivity contribution in [3.8, 4) is 5.75 Å². The van der Waals surface area contributed by atoms with Crippen LogP contribution in [0.3, 0.4) is 0 Å². The van der Waals surface area contributed by atoms with Crippen LogP contribution >= 0.6 is 8.18 Å². The van der Waals surface area contributed by atoms with E-state index in [4.69, 9.17) is 9.63 Å². The number of hydrogen-bond donors (Lipinski definition) is 2. The van der Waals surface area contributed by atoms with E-state index in [1.807, 2.05) is 0 Å². The van der Waals surface area contributed by atoms with Crippen molar-refractivity contribution in [2.75, 3.05) is 0 Å². The van der Waals surface area contributed by atoms with Gasteiger partial charge in [0.05, 0.1) is 0 Å². The molecule has 1 rings (SSSR count). The maximum Gasteiger partial charge on any atom is 0.664 e. The van der Waals surface area contributed by atoms with E-state index in [2.05, 4.69) is 5.09 Å². The molecular weight excluding hydrogens is 217 g/mol. The van der Waals surface area contributed by atoms with E-state index in [1.54, 1.807) is 30.3 Å². The minimum absolute atomic E-state index is 0.434. The maximum atomic E-state index is 11.3. The lowest BCUT2D eigenvalue weighted by molar-refractivity contribution is -0.138. The molecule has 2 N–H and O–H groups in total. The van der Waals surface area contributed by atoms with E-state index in [-0.39, 0.29) is 0 Å². The summed E-state index contributed by atoms with van der Waals surface area (Å²) in [5, 5.41) is 10.9. The lowest BCUT2D eigenvalue weighted by Crippen LogP contribution is -2.29.